The summed E-state index contributed by atoms with van der Waals surface area (Å²) in [5.41, 5.74) is -0.982. The van der Waals surface area contributed by atoms with E-state index in [9.17, 15) is 4.79 Å². The maximum Gasteiger partial charge on any atom is 0.337 e. The summed E-state index contributed by atoms with van der Waals surface area (Å²) in [6, 6.07) is 0. The molecule has 5 heteroatoms. The summed E-state index contributed by atoms with van der Waals surface area (Å²) in [5.74, 6) is -0.427. The number of ether oxygens (including phenoxy) is 4. The Bertz CT molecular complexity index is 174. The van der Waals surface area contributed by atoms with Gasteiger partial charge in [-0.3, -0.25) is 0 Å². The van der Waals surface area contributed by atoms with Crippen LogP contribution in [0.25, 0.3) is 0 Å². The molecule has 0 radical (unpaired) electrons. The van der Waals surface area contributed by atoms with Crippen LogP contribution in [0.3, 0.4) is 0 Å². The van der Waals surface area contributed by atoms with Crippen molar-refractivity contribution in [2.45, 2.75) is 25.7 Å². The number of methoxy groups -OCH3 is 3. The van der Waals surface area contributed by atoms with E-state index in [1.165, 1.54) is 21.3 Å². The van der Waals surface area contributed by atoms with Gasteiger partial charge in [0, 0.05) is 14.2 Å². The third kappa shape index (κ3) is 4.04. The van der Waals surface area contributed by atoms with Gasteiger partial charge >= 0.3 is 5.97 Å². The quantitative estimate of drug-likeness (QED) is 0.470. The minimum atomic E-state index is -0.982. The Hall–Kier alpha value is -0.650. The van der Waals surface area contributed by atoms with Crippen molar-refractivity contribution < 1.29 is 23.7 Å². The van der Waals surface area contributed by atoms with Crippen LogP contribution in [-0.2, 0) is 23.7 Å². The van der Waals surface area contributed by atoms with Crippen LogP contribution in [0.1, 0.15) is 13.8 Å². The van der Waals surface area contributed by atoms with Gasteiger partial charge in [0.25, 0.3) is 0 Å². The zero-order valence-corrected chi connectivity index (χ0v) is 9.33. The standard InChI is InChI=1S/C9H18O5/c1-9(2,8(10)13-5)14-6-7(11-3)12-4/h7H,6H2,1-5H3. The summed E-state index contributed by atoms with van der Waals surface area (Å²) in [6.45, 7) is 3.43. The van der Waals surface area contributed by atoms with E-state index in [0.717, 1.165) is 0 Å². The van der Waals surface area contributed by atoms with E-state index in [2.05, 4.69) is 4.74 Å². The Kier molecular flexibility index (Phi) is 5.68. The second-order valence-electron chi connectivity index (χ2n) is 3.21. The molecular formula is C9H18O5. The van der Waals surface area contributed by atoms with Gasteiger partial charge in [-0.15, -0.1) is 0 Å². The summed E-state index contributed by atoms with van der Waals surface area (Å²) in [5, 5.41) is 0. The van der Waals surface area contributed by atoms with Crippen molar-refractivity contribution >= 4 is 5.97 Å². The Morgan fingerprint density at radius 1 is 1.21 bits per heavy atom. The second kappa shape index (κ2) is 5.95. The Balaban J connectivity index is 4.03. The summed E-state index contributed by atoms with van der Waals surface area (Å²) < 4.78 is 19.7. The van der Waals surface area contributed by atoms with Crippen molar-refractivity contribution in [2.75, 3.05) is 27.9 Å². The SMILES string of the molecule is COC(=O)C(C)(C)OCC(OC)OC. The average molecular weight is 206 g/mol. The lowest BCUT2D eigenvalue weighted by Crippen LogP contribution is -2.39. The third-order valence-corrected chi connectivity index (χ3v) is 1.78. The fraction of sp³-hybridized carbons (Fsp3) is 0.889. The molecule has 0 aliphatic rings. The predicted molar refractivity (Wildman–Crippen MR) is 49.9 cm³/mol. The van der Waals surface area contributed by atoms with Crippen LogP contribution in [0.15, 0.2) is 0 Å². The molecular weight excluding hydrogens is 188 g/mol. The van der Waals surface area contributed by atoms with E-state index >= 15 is 0 Å². The first kappa shape index (κ1) is 13.4. The lowest BCUT2D eigenvalue weighted by molar-refractivity contribution is -0.188. The Labute approximate surface area is 84.3 Å². The highest BCUT2D eigenvalue weighted by molar-refractivity contribution is 5.78. The molecule has 0 aromatic heterocycles. The fourth-order valence-electron chi connectivity index (χ4n) is 0.813. The molecule has 0 rings (SSSR count). The first-order chi connectivity index (χ1) is 6.47. The summed E-state index contributed by atoms with van der Waals surface area (Å²) in [7, 11) is 4.32. The van der Waals surface area contributed by atoms with Crippen LogP contribution in [-0.4, -0.2) is 45.8 Å². The molecule has 5 nitrogen and oxygen atoms in total. The van der Waals surface area contributed by atoms with Gasteiger partial charge in [0.15, 0.2) is 11.9 Å². The molecule has 84 valence electrons. The average Bonchev–Trinajstić information content (AvgIpc) is 2.18. The van der Waals surface area contributed by atoms with Crippen molar-refractivity contribution in [3.05, 3.63) is 0 Å². The van der Waals surface area contributed by atoms with E-state index in [4.69, 9.17) is 14.2 Å². The molecule has 0 N–H and O–H groups in total. The third-order valence-electron chi connectivity index (χ3n) is 1.78. The van der Waals surface area contributed by atoms with Crippen molar-refractivity contribution in [2.24, 2.45) is 0 Å². The van der Waals surface area contributed by atoms with Crippen molar-refractivity contribution in [3.8, 4) is 0 Å². The topological polar surface area (TPSA) is 54.0 Å². The van der Waals surface area contributed by atoms with E-state index < -0.39 is 17.9 Å². The molecule has 0 unspecified atom stereocenters. The highest BCUT2D eigenvalue weighted by Gasteiger charge is 2.30. The summed E-state index contributed by atoms with van der Waals surface area (Å²) in [6.07, 6.45) is -0.473. The zero-order valence-electron chi connectivity index (χ0n) is 9.33. The molecule has 0 bridgehead atoms. The van der Waals surface area contributed by atoms with Gasteiger partial charge in [-0.2, -0.15) is 0 Å². The fourth-order valence-corrected chi connectivity index (χ4v) is 0.813. The molecule has 0 aliphatic carbocycles. The van der Waals surface area contributed by atoms with Gasteiger partial charge in [0.1, 0.15) is 0 Å². The number of carbonyl (C=O) groups is 1. The first-order valence-electron chi connectivity index (χ1n) is 4.26. The minimum Gasteiger partial charge on any atom is -0.467 e. The van der Waals surface area contributed by atoms with Crippen LogP contribution >= 0.6 is 0 Å². The molecule has 0 aromatic rings. The highest BCUT2D eigenvalue weighted by Crippen LogP contribution is 2.12. The highest BCUT2D eigenvalue weighted by atomic mass is 16.7. The monoisotopic (exact) mass is 206 g/mol. The minimum absolute atomic E-state index is 0.176. The van der Waals surface area contributed by atoms with Crippen molar-refractivity contribution in [3.63, 3.8) is 0 Å². The molecule has 14 heavy (non-hydrogen) atoms. The number of esters is 1. The van der Waals surface area contributed by atoms with Crippen molar-refractivity contribution in [1.29, 1.82) is 0 Å². The molecule has 0 spiro atoms. The maximum atomic E-state index is 11.2. The van der Waals surface area contributed by atoms with Gasteiger partial charge < -0.3 is 18.9 Å². The number of carbonyl (C=O) groups excluding carboxylic acids is 1. The maximum absolute atomic E-state index is 11.2. The Morgan fingerprint density at radius 3 is 2.07 bits per heavy atom. The predicted octanol–water partition coefficient (Wildman–Crippen LogP) is 0.573. The largest absolute Gasteiger partial charge is 0.467 e. The van der Waals surface area contributed by atoms with Gasteiger partial charge in [-0.1, -0.05) is 0 Å². The van der Waals surface area contributed by atoms with Gasteiger partial charge in [0.2, 0.25) is 0 Å². The molecule has 0 atom stereocenters. The van der Waals surface area contributed by atoms with E-state index in [1.807, 2.05) is 0 Å². The van der Waals surface area contributed by atoms with Crippen LogP contribution < -0.4 is 0 Å². The molecule has 0 saturated carbocycles. The molecule has 0 aromatic carbocycles. The molecule has 0 amide bonds. The Morgan fingerprint density at radius 2 is 1.71 bits per heavy atom. The first-order valence-corrected chi connectivity index (χ1v) is 4.26. The molecule has 0 saturated heterocycles. The van der Waals surface area contributed by atoms with E-state index in [-0.39, 0.29) is 6.61 Å². The lowest BCUT2D eigenvalue weighted by atomic mass is 10.1. The smallest absolute Gasteiger partial charge is 0.337 e. The molecule has 0 aliphatic heterocycles. The number of rotatable bonds is 6. The van der Waals surface area contributed by atoms with Crippen LogP contribution in [0.4, 0.5) is 0 Å². The molecule has 0 fully saturated rings. The number of hydrogen-bond acceptors (Lipinski definition) is 5. The normalized spacial score (nSPS) is 11.9. The zero-order chi connectivity index (χ0) is 11.2. The lowest BCUT2D eigenvalue weighted by Gasteiger charge is -2.24. The second-order valence-corrected chi connectivity index (χ2v) is 3.21. The van der Waals surface area contributed by atoms with Gasteiger partial charge in [-0.05, 0) is 13.8 Å². The van der Waals surface area contributed by atoms with Crippen LogP contribution in [0, 0.1) is 0 Å². The van der Waals surface area contributed by atoms with Crippen molar-refractivity contribution in [1.82, 2.24) is 0 Å². The van der Waals surface area contributed by atoms with E-state index in [1.54, 1.807) is 13.8 Å². The molecule has 0 heterocycles. The summed E-state index contributed by atoms with van der Waals surface area (Å²) in [4.78, 5) is 11.2. The number of hydrogen-bond donors (Lipinski definition) is 0. The van der Waals surface area contributed by atoms with Crippen LogP contribution in [0.2, 0.25) is 0 Å². The van der Waals surface area contributed by atoms with Gasteiger partial charge in [-0.25, -0.2) is 4.79 Å². The van der Waals surface area contributed by atoms with E-state index in [0.29, 0.717) is 0 Å². The summed E-state index contributed by atoms with van der Waals surface area (Å²) >= 11 is 0. The van der Waals surface area contributed by atoms with Crippen LogP contribution in [0.5, 0.6) is 0 Å². The van der Waals surface area contributed by atoms with Gasteiger partial charge in [0.05, 0.1) is 13.7 Å².